The van der Waals surface area contributed by atoms with Gasteiger partial charge in [0.15, 0.2) is 5.78 Å². The van der Waals surface area contributed by atoms with Crippen LogP contribution in [0.4, 0.5) is 0 Å². The van der Waals surface area contributed by atoms with E-state index in [4.69, 9.17) is 4.74 Å². The maximum atomic E-state index is 12.7. The van der Waals surface area contributed by atoms with E-state index in [9.17, 15) is 4.79 Å². The summed E-state index contributed by atoms with van der Waals surface area (Å²) in [6.45, 7) is 6.19. The van der Waals surface area contributed by atoms with Crippen molar-refractivity contribution in [1.82, 2.24) is 4.90 Å². The second-order valence-corrected chi connectivity index (χ2v) is 6.06. The van der Waals surface area contributed by atoms with Crippen LogP contribution in [0.3, 0.4) is 0 Å². The minimum absolute atomic E-state index is 0.285. The molecule has 2 rings (SSSR count). The number of piperidine rings is 1. The van der Waals surface area contributed by atoms with Gasteiger partial charge in [-0.1, -0.05) is 18.6 Å². The number of methoxy groups -OCH3 is 1. The average molecular weight is 275 g/mol. The summed E-state index contributed by atoms with van der Waals surface area (Å²) in [6.07, 6.45) is 4.17. The Morgan fingerprint density at radius 2 is 1.95 bits per heavy atom. The molecule has 1 aliphatic rings. The van der Waals surface area contributed by atoms with Gasteiger partial charge in [0, 0.05) is 6.42 Å². The van der Waals surface area contributed by atoms with E-state index in [1.807, 2.05) is 24.3 Å². The van der Waals surface area contributed by atoms with Gasteiger partial charge < -0.3 is 4.74 Å². The molecular formula is C17H25NO2. The summed E-state index contributed by atoms with van der Waals surface area (Å²) in [5.74, 6) is 1.10. The number of ether oxygens (including phenoxy) is 1. The smallest absolute Gasteiger partial charge is 0.156 e. The molecule has 1 aliphatic heterocycles. The minimum atomic E-state index is -0.372. The first-order valence-corrected chi connectivity index (χ1v) is 7.45. The van der Waals surface area contributed by atoms with Crippen LogP contribution in [-0.2, 0) is 11.2 Å². The lowest BCUT2D eigenvalue weighted by Gasteiger charge is -2.39. The number of benzene rings is 1. The van der Waals surface area contributed by atoms with E-state index < -0.39 is 0 Å². The second kappa shape index (κ2) is 6.40. The first kappa shape index (κ1) is 15.0. The van der Waals surface area contributed by atoms with Crippen molar-refractivity contribution in [1.29, 1.82) is 0 Å². The molecule has 1 aromatic carbocycles. The van der Waals surface area contributed by atoms with Crippen LogP contribution in [0.1, 0.15) is 38.7 Å². The molecule has 0 spiro atoms. The molecule has 1 aromatic rings. The Morgan fingerprint density at radius 1 is 1.25 bits per heavy atom. The van der Waals surface area contributed by atoms with Gasteiger partial charge in [0.2, 0.25) is 0 Å². The van der Waals surface area contributed by atoms with Crippen molar-refractivity contribution in [2.24, 2.45) is 0 Å². The van der Waals surface area contributed by atoms with Crippen LogP contribution in [-0.4, -0.2) is 36.4 Å². The van der Waals surface area contributed by atoms with Gasteiger partial charge >= 0.3 is 0 Å². The van der Waals surface area contributed by atoms with Crippen molar-refractivity contribution in [3.05, 3.63) is 29.8 Å². The molecule has 20 heavy (non-hydrogen) atoms. The summed E-state index contributed by atoms with van der Waals surface area (Å²) in [4.78, 5) is 15.0. The summed E-state index contributed by atoms with van der Waals surface area (Å²) in [7, 11) is 1.65. The lowest BCUT2D eigenvalue weighted by Crippen LogP contribution is -2.52. The monoisotopic (exact) mass is 275 g/mol. The largest absolute Gasteiger partial charge is 0.497 e. The summed E-state index contributed by atoms with van der Waals surface area (Å²) in [5.41, 5.74) is 0.656. The summed E-state index contributed by atoms with van der Waals surface area (Å²) in [6, 6.07) is 7.79. The van der Waals surface area contributed by atoms with Crippen LogP contribution in [0.2, 0.25) is 0 Å². The molecule has 1 heterocycles. The van der Waals surface area contributed by atoms with Crippen molar-refractivity contribution in [3.63, 3.8) is 0 Å². The van der Waals surface area contributed by atoms with E-state index in [0.717, 1.165) is 24.4 Å². The number of Topliss-reactive ketones (excluding diaryl/α,β-unsaturated/α-hetero) is 1. The van der Waals surface area contributed by atoms with Crippen molar-refractivity contribution in [2.45, 2.75) is 45.1 Å². The Labute approximate surface area is 121 Å². The van der Waals surface area contributed by atoms with Crippen molar-refractivity contribution in [2.75, 3.05) is 20.2 Å². The number of likely N-dealkylation sites (tertiary alicyclic amines) is 1. The van der Waals surface area contributed by atoms with Crippen LogP contribution in [0, 0.1) is 0 Å². The van der Waals surface area contributed by atoms with Gasteiger partial charge in [0.1, 0.15) is 5.75 Å². The van der Waals surface area contributed by atoms with Gasteiger partial charge in [0.25, 0.3) is 0 Å². The number of carbonyl (C=O) groups excluding carboxylic acids is 1. The average Bonchev–Trinajstić information content (AvgIpc) is 2.48. The molecule has 0 bridgehead atoms. The summed E-state index contributed by atoms with van der Waals surface area (Å²) < 4.78 is 5.22. The first-order chi connectivity index (χ1) is 9.54. The highest BCUT2D eigenvalue weighted by Gasteiger charge is 2.34. The van der Waals surface area contributed by atoms with Crippen LogP contribution in [0.15, 0.2) is 24.3 Å². The quantitative estimate of drug-likeness (QED) is 0.827. The second-order valence-electron chi connectivity index (χ2n) is 6.06. The third-order valence-corrected chi connectivity index (χ3v) is 4.33. The van der Waals surface area contributed by atoms with Crippen molar-refractivity contribution in [3.8, 4) is 5.75 Å². The fraction of sp³-hybridized carbons (Fsp3) is 0.588. The molecule has 0 aliphatic carbocycles. The van der Waals surface area contributed by atoms with Gasteiger partial charge in [-0.3, -0.25) is 9.69 Å². The lowest BCUT2D eigenvalue weighted by molar-refractivity contribution is -0.129. The molecule has 0 unspecified atom stereocenters. The Hall–Kier alpha value is -1.35. The number of nitrogens with zero attached hydrogens (tertiary/aromatic N) is 1. The fourth-order valence-electron chi connectivity index (χ4n) is 2.81. The van der Waals surface area contributed by atoms with Crippen LogP contribution in [0.25, 0.3) is 0 Å². The molecule has 3 nitrogen and oxygen atoms in total. The van der Waals surface area contributed by atoms with Crippen LogP contribution < -0.4 is 4.74 Å². The SMILES string of the molecule is COc1cccc(CC(=O)C(C)(C)N2CCCCC2)c1. The first-order valence-electron chi connectivity index (χ1n) is 7.45. The topological polar surface area (TPSA) is 29.5 Å². The zero-order valence-corrected chi connectivity index (χ0v) is 12.8. The highest BCUT2D eigenvalue weighted by Crippen LogP contribution is 2.23. The maximum Gasteiger partial charge on any atom is 0.156 e. The molecule has 0 atom stereocenters. The molecule has 0 amide bonds. The molecule has 0 aromatic heterocycles. The normalized spacial score (nSPS) is 16.9. The molecule has 3 heteroatoms. The molecule has 110 valence electrons. The predicted molar refractivity (Wildman–Crippen MR) is 81.2 cm³/mol. The zero-order chi connectivity index (χ0) is 14.6. The molecule has 0 saturated carbocycles. The minimum Gasteiger partial charge on any atom is -0.497 e. The van der Waals surface area contributed by atoms with Gasteiger partial charge in [-0.25, -0.2) is 0 Å². The standard InChI is InChI=1S/C17H25NO2/c1-17(2,18-10-5-4-6-11-18)16(19)13-14-8-7-9-15(12-14)20-3/h7-9,12H,4-6,10-11,13H2,1-3H3. The van der Waals surface area contributed by atoms with E-state index in [1.165, 1.54) is 19.3 Å². The Bertz CT molecular complexity index is 462. The molecule has 1 fully saturated rings. The highest BCUT2D eigenvalue weighted by atomic mass is 16.5. The number of hydrogen-bond acceptors (Lipinski definition) is 3. The van der Waals surface area contributed by atoms with Gasteiger partial charge in [-0.2, -0.15) is 0 Å². The Balaban J connectivity index is 2.05. The third kappa shape index (κ3) is 3.40. The number of carbonyl (C=O) groups is 1. The zero-order valence-electron chi connectivity index (χ0n) is 12.8. The highest BCUT2D eigenvalue weighted by molar-refractivity contribution is 5.89. The van der Waals surface area contributed by atoms with Gasteiger partial charge in [-0.05, 0) is 57.5 Å². The molecule has 0 N–H and O–H groups in total. The number of ketones is 1. The van der Waals surface area contributed by atoms with Gasteiger partial charge in [0.05, 0.1) is 12.6 Å². The van der Waals surface area contributed by atoms with E-state index in [-0.39, 0.29) is 11.3 Å². The van der Waals surface area contributed by atoms with Crippen molar-refractivity contribution < 1.29 is 9.53 Å². The van der Waals surface area contributed by atoms with Crippen molar-refractivity contribution >= 4 is 5.78 Å². The molecule has 1 saturated heterocycles. The Kier molecular flexibility index (Phi) is 4.81. The number of rotatable bonds is 5. The van der Waals surface area contributed by atoms with Crippen LogP contribution in [0.5, 0.6) is 5.75 Å². The van der Waals surface area contributed by atoms with E-state index >= 15 is 0 Å². The summed E-state index contributed by atoms with van der Waals surface area (Å²) >= 11 is 0. The molecular weight excluding hydrogens is 250 g/mol. The Morgan fingerprint density at radius 3 is 2.60 bits per heavy atom. The van der Waals surface area contributed by atoms with Crippen LogP contribution >= 0.6 is 0 Å². The maximum absolute atomic E-state index is 12.7. The lowest BCUT2D eigenvalue weighted by atomic mass is 9.90. The molecule has 0 radical (unpaired) electrons. The van der Waals surface area contributed by atoms with E-state index in [2.05, 4.69) is 18.7 Å². The predicted octanol–water partition coefficient (Wildman–Crippen LogP) is 3.07. The summed E-state index contributed by atoms with van der Waals surface area (Å²) in [5, 5.41) is 0. The number of hydrogen-bond donors (Lipinski definition) is 0. The third-order valence-electron chi connectivity index (χ3n) is 4.33. The van der Waals surface area contributed by atoms with E-state index in [1.54, 1.807) is 7.11 Å². The van der Waals surface area contributed by atoms with E-state index in [0.29, 0.717) is 6.42 Å². The van der Waals surface area contributed by atoms with Gasteiger partial charge in [-0.15, -0.1) is 0 Å². The fourth-order valence-corrected chi connectivity index (χ4v) is 2.81.